The highest BCUT2D eigenvalue weighted by Gasteiger charge is 2.21. The van der Waals surface area contributed by atoms with E-state index in [1.807, 2.05) is 37.3 Å². The average molecular weight is 301 g/mol. The van der Waals surface area contributed by atoms with Crippen molar-refractivity contribution in [2.75, 3.05) is 11.9 Å². The Morgan fingerprint density at radius 1 is 1.27 bits per heavy atom. The molecule has 0 unspecified atom stereocenters. The van der Waals surface area contributed by atoms with Crippen LogP contribution in [0.1, 0.15) is 39.0 Å². The molecule has 1 N–H and O–H groups in total. The molecule has 5 nitrogen and oxygen atoms in total. The highest BCUT2D eigenvalue weighted by atomic mass is 16.5. The summed E-state index contributed by atoms with van der Waals surface area (Å²) in [6, 6.07) is 9.87. The lowest BCUT2D eigenvalue weighted by atomic mass is 9.92. The molecule has 0 aliphatic rings. The first-order valence-corrected chi connectivity index (χ1v) is 7.42. The van der Waals surface area contributed by atoms with Gasteiger partial charge in [0.2, 0.25) is 0 Å². The van der Waals surface area contributed by atoms with E-state index >= 15 is 0 Å². The van der Waals surface area contributed by atoms with E-state index in [9.17, 15) is 4.79 Å². The van der Waals surface area contributed by atoms with Gasteiger partial charge >= 0.3 is 6.09 Å². The highest BCUT2D eigenvalue weighted by Crippen LogP contribution is 2.26. The molecule has 0 radical (unpaired) electrons. The van der Waals surface area contributed by atoms with Crippen molar-refractivity contribution in [1.29, 1.82) is 0 Å². The van der Waals surface area contributed by atoms with Crippen molar-refractivity contribution < 1.29 is 9.53 Å². The van der Waals surface area contributed by atoms with Crippen molar-refractivity contribution in [2.45, 2.75) is 40.0 Å². The zero-order chi connectivity index (χ0) is 16.3. The Morgan fingerprint density at radius 2 is 1.91 bits per heavy atom. The molecule has 0 bridgehead atoms. The van der Waals surface area contributed by atoms with Gasteiger partial charge in [-0.3, -0.25) is 5.32 Å². The lowest BCUT2D eigenvalue weighted by molar-refractivity contribution is 0.167. The second kappa shape index (κ2) is 6.22. The topological polar surface area (TPSA) is 56.1 Å². The van der Waals surface area contributed by atoms with Crippen molar-refractivity contribution >= 4 is 11.9 Å². The second-order valence-electron chi connectivity index (χ2n) is 6.26. The van der Waals surface area contributed by atoms with Gasteiger partial charge in [0, 0.05) is 11.5 Å². The second-order valence-corrected chi connectivity index (χ2v) is 6.26. The van der Waals surface area contributed by atoms with Gasteiger partial charge in [0.25, 0.3) is 0 Å². The summed E-state index contributed by atoms with van der Waals surface area (Å²) in [5, 5.41) is 7.40. The smallest absolute Gasteiger partial charge is 0.412 e. The van der Waals surface area contributed by atoms with Crippen molar-refractivity contribution in [1.82, 2.24) is 9.78 Å². The van der Waals surface area contributed by atoms with Crippen LogP contribution in [0.15, 0.2) is 30.3 Å². The molecule has 1 aromatic carbocycles. The first kappa shape index (κ1) is 16.1. The van der Waals surface area contributed by atoms with Crippen LogP contribution < -0.4 is 5.32 Å². The molecule has 5 heteroatoms. The summed E-state index contributed by atoms with van der Waals surface area (Å²) in [7, 11) is 0. The van der Waals surface area contributed by atoms with Crippen LogP contribution >= 0.6 is 0 Å². The normalized spacial score (nSPS) is 11.3. The highest BCUT2D eigenvalue weighted by molar-refractivity contribution is 5.84. The van der Waals surface area contributed by atoms with Gasteiger partial charge in [-0.1, -0.05) is 38.5 Å². The fourth-order valence-electron chi connectivity index (χ4n) is 1.99. The van der Waals surface area contributed by atoms with Crippen LogP contribution in [0.5, 0.6) is 0 Å². The van der Waals surface area contributed by atoms with E-state index in [0.29, 0.717) is 12.4 Å². The van der Waals surface area contributed by atoms with Crippen LogP contribution in [0.25, 0.3) is 5.69 Å². The van der Waals surface area contributed by atoms with Crippen molar-refractivity contribution in [2.24, 2.45) is 0 Å². The number of amides is 1. The number of aryl methyl sites for hydroxylation is 1. The van der Waals surface area contributed by atoms with Gasteiger partial charge in [0.05, 0.1) is 18.0 Å². The SMILES string of the molecule is CCOC(=O)Nc1cc(C(C)(C)C)nn1-c1ccc(C)cc1. The van der Waals surface area contributed by atoms with E-state index in [1.54, 1.807) is 11.6 Å². The van der Waals surface area contributed by atoms with Crippen LogP contribution in [-0.2, 0) is 10.2 Å². The van der Waals surface area contributed by atoms with E-state index in [0.717, 1.165) is 11.4 Å². The molecule has 1 aromatic heterocycles. The summed E-state index contributed by atoms with van der Waals surface area (Å²) in [6.07, 6.45) is -0.476. The van der Waals surface area contributed by atoms with Crippen LogP contribution in [0.2, 0.25) is 0 Å². The molecule has 0 aliphatic heterocycles. The summed E-state index contributed by atoms with van der Waals surface area (Å²) in [5.41, 5.74) is 2.86. The number of hydrogen-bond donors (Lipinski definition) is 1. The molecule has 118 valence electrons. The Morgan fingerprint density at radius 3 is 2.45 bits per heavy atom. The molecule has 2 rings (SSSR count). The van der Waals surface area contributed by atoms with Crippen LogP contribution in [0.4, 0.5) is 10.6 Å². The van der Waals surface area contributed by atoms with Gasteiger partial charge in [-0.15, -0.1) is 0 Å². The maximum Gasteiger partial charge on any atom is 0.412 e. The molecule has 0 aliphatic carbocycles. The number of nitrogens with one attached hydrogen (secondary N) is 1. The van der Waals surface area contributed by atoms with Crippen molar-refractivity contribution in [3.63, 3.8) is 0 Å². The molecule has 0 saturated heterocycles. The third-order valence-corrected chi connectivity index (χ3v) is 3.26. The minimum atomic E-state index is -0.476. The van der Waals surface area contributed by atoms with Gasteiger partial charge in [-0.05, 0) is 26.0 Å². The maximum absolute atomic E-state index is 11.7. The lowest BCUT2D eigenvalue weighted by Crippen LogP contribution is -2.16. The number of benzene rings is 1. The number of carbonyl (C=O) groups is 1. The number of rotatable bonds is 3. The van der Waals surface area contributed by atoms with Crippen molar-refractivity contribution in [3.05, 3.63) is 41.6 Å². The number of ether oxygens (including phenoxy) is 1. The first-order valence-electron chi connectivity index (χ1n) is 7.42. The Bertz CT molecular complexity index is 652. The van der Waals surface area contributed by atoms with E-state index in [4.69, 9.17) is 4.74 Å². The Kier molecular flexibility index (Phi) is 4.54. The summed E-state index contributed by atoms with van der Waals surface area (Å²) in [6.45, 7) is 10.4. The Hall–Kier alpha value is -2.30. The number of nitrogens with zero attached hydrogens (tertiary/aromatic N) is 2. The minimum Gasteiger partial charge on any atom is -0.450 e. The monoisotopic (exact) mass is 301 g/mol. The van der Waals surface area contributed by atoms with Gasteiger partial charge < -0.3 is 4.74 Å². The molecule has 0 atom stereocenters. The molecule has 2 aromatic rings. The zero-order valence-corrected chi connectivity index (χ0v) is 13.8. The summed E-state index contributed by atoms with van der Waals surface area (Å²) >= 11 is 0. The number of carbonyl (C=O) groups excluding carboxylic acids is 1. The predicted molar refractivity (Wildman–Crippen MR) is 87.6 cm³/mol. The molecule has 0 spiro atoms. The van der Waals surface area contributed by atoms with E-state index < -0.39 is 6.09 Å². The van der Waals surface area contributed by atoms with E-state index in [1.165, 1.54) is 5.56 Å². The number of anilines is 1. The van der Waals surface area contributed by atoms with Gasteiger partial charge in [-0.25, -0.2) is 9.48 Å². The molecule has 0 fully saturated rings. The van der Waals surface area contributed by atoms with Gasteiger partial charge in [0.1, 0.15) is 5.82 Å². The Labute approximate surface area is 131 Å². The van der Waals surface area contributed by atoms with E-state index in [-0.39, 0.29) is 5.41 Å². The molecular weight excluding hydrogens is 278 g/mol. The van der Waals surface area contributed by atoms with Gasteiger partial charge in [0.15, 0.2) is 0 Å². The zero-order valence-electron chi connectivity index (χ0n) is 13.8. The summed E-state index contributed by atoms with van der Waals surface area (Å²) < 4.78 is 6.69. The number of hydrogen-bond acceptors (Lipinski definition) is 3. The fourth-order valence-corrected chi connectivity index (χ4v) is 1.99. The molecule has 0 saturated carbocycles. The molecule has 1 heterocycles. The fraction of sp³-hybridized carbons (Fsp3) is 0.412. The van der Waals surface area contributed by atoms with Crippen LogP contribution in [0.3, 0.4) is 0 Å². The third-order valence-electron chi connectivity index (χ3n) is 3.26. The molecule has 22 heavy (non-hydrogen) atoms. The van der Waals surface area contributed by atoms with E-state index in [2.05, 4.69) is 31.2 Å². The lowest BCUT2D eigenvalue weighted by Gasteiger charge is -2.14. The number of aromatic nitrogens is 2. The standard InChI is InChI=1S/C17H23N3O2/c1-6-22-16(21)18-15-11-14(17(3,4)5)19-20(15)13-9-7-12(2)8-10-13/h7-11H,6H2,1-5H3,(H,18,21). The average Bonchev–Trinajstić information content (AvgIpc) is 2.83. The third kappa shape index (κ3) is 3.67. The molecular formula is C17H23N3O2. The minimum absolute atomic E-state index is 0.110. The Balaban J connectivity index is 2.43. The largest absolute Gasteiger partial charge is 0.450 e. The predicted octanol–water partition coefficient (Wildman–Crippen LogP) is 4.05. The molecule has 1 amide bonds. The van der Waals surface area contributed by atoms with Crippen LogP contribution in [0, 0.1) is 6.92 Å². The van der Waals surface area contributed by atoms with Gasteiger partial charge in [-0.2, -0.15) is 5.10 Å². The van der Waals surface area contributed by atoms with Crippen LogP contribution in [-0.4, -0.2) is 22.5 Å². The van der Waals surface area contributed by atoms with Crippen molar-refractivity contribution in [3.8, 4) is 5.69 Å². The quantitative estimate of drug-likeness (QED) is 0.930. The maximum atomic E-state index is 11.7. The first-order chi connectivity index (χ1) is 10.3. The summed E-state index contributed by atoms with van der Waals surface area (Å²) in [5.74, 6) is 0.604. The summed E-state index contributed by atoms with van der Waals surface area (Å²) in [4.78, 5) is 11.7.